The Morgan fingerprint density at radius 2 is 1.85 bits per heavy atom. The summed E-state index contributed by atoms with van der Waals surface area (Å²) in [6.07, 6.45) is 6.41. The number of amides is 1. The molecule has 0 spiro atoms. The van der Waals surface area contributed by atoms with Gasteiger partial charge in [-0.2, -0.15) is 0 Å². The summed E-state index contributed by atoms with van der Waals surface area (Å²) < 4.78 is 0. The zero-order valence-corrected chi connectivity index (χ0v) is 16.2. The van der Waals surface area contributed by atoms with E-state index in [1.807, 2.05) is 12.1 Å². The van der Waals surface area contributed by atoms with Crippen molar-refractivity contribution in [1.29, 1.82) is 0 Å². The molecule has 142 valence electrons. The summed E-state index contributed by atoms with van der Waals surface area (Å²) in [6.45, 7) is 6.99. The molecule has 2 aliphatic rings. The molecule has 4 rings (SSSR count). The molecule has 0 radical (unpaired) electrons. The van der Waals surface area contributed by atoms with Crippen LogP contribution in [0.5, 0.6) is 0 Å². The van der Waals surface area contributed by atoms with Gasteiger partial charge in [0.05, 0.1) is 0 Å². The summed E-state index contributed by atoms with van der Waals surface area (Å²) in [4.78, 5) is 24.4. The fraction of sp³-hybridized carbons (Fsp3) is 0.500. The molecule has 2 heterocycles. The molecule has 1 saturated carbocycles. The number of carbonyl (C=O) groups is 1. The van der Waals surface area contributed by atoms with Crippen LogP contribution >= 0.6 is 0 Å². The Morgan fingerprint density at radius 3 is 2.52 bits per heavy atom. The van der Waals surface area contributed by atoms with E-state index in [9.17, 15) is 4.79 Å². The van der Waals surface area contributed by atoms with Crippen molar-refractivity contribution in [3.05, 3.63) is 41.6 Å². The van der Waals surface area contributed by atoms with Gasteiger partial charge in [-0.05, 0) is 44.4 Å². The van der Waals surface area contributed by atoms with Crippen LogP contribution in [0.2, 0.25) is 0 Å². The number of rotatable bonds is 5. The van der Waals surface area contributed by atoms with Gasteiger partial charge in [0.2, 0.25) is 0 Å². The van der Waals surface area contributed by atoms with Gasteiger partial charge in [0.25, 0.3) is 5.91 Å². The van der Waals surface area contributed by atoms with Crippen LogP contribution in [0.4, 0.5) is 5.82 Å². The molecule has 1 aliphatic carbocycles. The Bertz CT molecular complexity index is 806. The number of carbonyl (C=O) groups excluding carboxylic acids is 1. The van der Waals surface area contributed by atoms with Crippen molar-refractivity contribution in [2.75, 3.05) is 24.5 Å². The molecular formula is C22H28N4O. The van der Waals surface area contributed by atoms with Crippen LogP contribution < -0.4 is 10.2 Å². The minimum atomic E-state index is -0.0500. The van der Waals surface area contributed by atoms with Crippen LogP contribution in [0.1, 0.15) is 48.5 Å². The highest BCUT2D eigenvalue weighted by Gasteiger charge is 2.26. The van der Waals surface area contributed by atoms with E-state index in [1.54, 1.807) is 6.20 Å². The quantitative estimate of drug-likeness (QED) is 0.876. The molecule has 2 aromatic rings. The third-order valence-electron chi connectivity index (χ3n) is 5.65. The van der Waals surface area contributed by atoms with Gasteiger partial charge < -0.3 is 10.2 Å². The molecule has 1 saturated heterocycles. The second-order valence-corrected chi connectivity index (χ2v) is 8.12. The van der Waals surface area contributed by atoms with Crippen LogP contribution in [-0.2, 0) is 0 Å². The Balaban J connectivity index is 1.64. The molecule has 2 fully saturated rings. The molecule has 1 aliphatic heterocycles. The Morgan fingerprint density at radius 1 is 1.15 bits per heavy atom. The summed E-state index contributed by atoms with van der Waals surface area (Å²) in [6, 6.07) is 8.22. The maximum absolute atomic E-state index is 12.8. The number of nitrogens with zero attached hydrogens (tertiary/aromatic N) is 3. The number of hydrogen-bond acceptors (Lipinski definition) is 4. The average molecular weight is 364 g/mol. The van der Waals surface area contributed by atoms with Crippen molar-refractivity contribution in [2.45, 2.75) is 39.5 Å². The maximum atomic E-state index is 12.8. The SMILES string of the molecule is Cc1ccc(-c2ncc(C(=O)NCC3CC3)c(N3CCC(C)CC3)n2)cc1. The third-order valence-corrected chi connectivity index (χ3v) is 5.65. The lowest BCUT2D eigenvalue weighted by molar-refractivity contribution is 0.0951. The topological polar surface area (TPSA) is 58.1 Å². The molecule has 0 bridgehead atoms. The fourth-order valence-corrected chi connectivity index (χ4v) is 3.49. The molecule has 1 aromatic heterocycles. The van der Waals surface area contributed by atoms with Crippen LogP contribution in [-0.4, -0.2) is 35.5 Å². The average Bonchev–Trinajstić information content (AvgIpc) is 3.51. The second-order valence-electron chi connectivity index (χ2n) is 8.12. The third kappa shape index (κ3) is 4.29. The summed E-state index contributed by atoms with van der Waals surface area (Å²) in [5.41, 5.74) is 2.79. The van der Waals surface area contributed by atoms with Crippen molar-refractivity contribution in [3.63, 3.8) is 0 Å². The number of hydrogen-bond donors (Lipinski definition) is 1. The van der Waals surface area contributed by atoms with Gasteiger partial charge in [-0.25, -0.2) is 9.97 Å². The zero-order chi connectivity index (χ0) is 18.8. The largest absolute Gasteiger partial charge is 0.356 e. The zero-order valence-electron chi connectivity index (χ0n) is 16.2. The lowest BCUT2D eigenvalue weighted by Gasteiger charge is -2.32. The second kappa shape index (κ2) is 7.67. The van der Waals surface area contributed by atoms with Crippen LogP contribution in [0, 0.1) is 18.8 Å². The molecule has 27 heavy (non-hydrogen) atoms. The van der Waals surface area contributed by atoms with Crippen LogP contribution in [0.3, 0.4) is 0 Å². The first kappa shape index (κ1) is 18.0. The molecule has 5 nitrogen and oxygen atoms in total. The highest BCUT2D eigenvalue weighted by molar-refractivity contribution is 5.99. The molecule has 1 amide bonds. The Kier molecular flexibility index (Phi) is 5.10. The number of aromatic nitrogens is 2. The Labute approximate surface area is 161 Å². The number of piperidine rings is 1. The first-order valence-corrected chi connectivity index (χ1v) is 10.1. The summed E-state index contributed by atoms with van der Waals surface area (Å²) in [5.74, 6) is 2.79. The van der Waals surface area contributed by atoms with Crippen molar-refractivity contribution in [2.24, 2.45) is 11.8 Å². The van der Waals surface area contributed by atoms with Gasteiger partial charge in [0.1, 0.15) is 11.4 Å². The molecule has 0 unspecified atom stereocenters. The van der Waals surface area contributed by atoms with E-state index < -0.39 is 0 Å². The first-order chi connectivity index (χ1) is 13.1. The van der Waals surface area contributed by atoms with E-state index in [1.165, 1.54) is 18.4 Å². The maximum Gasteiger partial charge on any atom is 0.256 e. The predicted octanol–water partition coefficient (Wildman–Crippen LogP) is 3.83. The van der Waals surface area contributed by atoms with Crippen molar-refractivity contribution < 1.29 is 4.79 Å². The van der Waals surface area contributed by atoms with Gasteiger partial charge in [-0.1, -0.05) is 36.8 Å². The number of nitrogens with one attached hydrogen (secondary N) is 1. The van der Waals surface area contributed by atoms with Gasteiger partial charge in [-0.15, -0.1) is 0 Å². The smallest absolute Gasteiger partial charge is 0.256 e. The van der Waals surface area contributed by atoms with E-state index in [2.05, 4.69) is 41.2 Å². The van der Waals surface area contributed by atoms with Gasteiger partial charge in [0.15, 0.2) is 5.82 Å². The minimum absolute atomic E-state index is 0.0500. The van der Waals surface area contributed by atoms with E-state index in [4.69, 9.17) is 4.98 Å². The summed E-state index contributed by atoms with van der Waals surface area (Å²) >= 11 is 0. The monoisotopic (exact) mass is 364 g/mol. The molecule has 1 aromatic carbocycles. The lowest BCUT2D eigenvalue weighted by Crippen LogP contribution is -2.36. The Hall–Kier alpha value is -2.43. The van der Waals surface area contributed by atoms with Crippen LogP contribution in [0.15, 0.2) is 30.5 Å². The van der Waals surface area contributed by atoms with Gasteiger partial charge in [-0.3, -0.25) is 4.79 Å². The molecule has 5 heteroatoms. The molecular weight excluding hydrogens is 336 g/mol. The highest BCUT2D eigenvalue weighted by Crippen LogP contribution is 2.29. The van der Waals surface area contributed by atoms with E-state index in [0.717, 1.165) is 49.8 Å². The van der Waals surface area contributed by atoms with E-state index in [-0.39, 0.29) is 5.91 Å². The number of aryl methyl sites for hydroxylation is 1. The molecule has 1 N–H and O–H groups in total. The molecule has 0 atom stereocenters. The van der Waals surface area contributed by atoms with Gasteiger partial charge >= 0.3 is 0 Å². The fourth-order valence-electron chi connectivity index (χ4n) is 3.49. The van der Waals surface area contributed by atoms with Crippen LogP contribution in [0.25, 0.3) is 11.4 Å². The van der Waals surface area contributed by atoms with Gasteiger partial charge in [0, 0.05) is 31.4 Å². The van der Waals surface area contributed by atoms with Crippen molar-refractivity contribution >= 4 is 11.7 Å². The van der Waals surface area contributed by atoms with E-state index in [0.29, 0.717) is 17.3 Å². The van der Waals surface area contributed by atoms with E-state index >= 15 is 0 Å². The first-order valence-electron chi connectivity index (χ1n) is 10.1. The predicted molar refractivity (Wildman–Crippen MR) is 108 cm³/mol. The highest BCUT2D eigenvalue weighted by atomic mass is 16.1. The summed E-state index contributed by atoms with van der Waals surface area (Å²) in [7, 11) is 0. The lowest BCUT2D eigenvalue weighted by atomic mass is 9.99. The normalized spacial score (nSPS) is 17.8. The standard InChI is InChI=1S/C22H28N4O/c1-15-3-7-18(8-4-15)20-23-14-19(22(27)24-13-17-5-6-17)21(25-20)26-11-9-16(2)10-12-26/h3-4,7-8,14,16-17H,5-6,9-13H2,1-2H3,(H,24,27). The number of benzene rings is 1. The minimum Gasteiger partial charge on any atom is -0.356 e. The van der Waals surface area contributed by atoms with Crippen molar-refractivity contribution in [3.8, 4) is 11.4 Å². The van der Waals surface area contributed by atoms with Crippen molar-refractivity contribution in [1.82, 2.24) is 15.3 Å². The number of anilines is 1. The summed E-state index contributed by atoms with van der Waals surface area (Å²) in [5, 5.41) is 3.07.